The third kappa shape index (κ3) is 4.10. The Labute approximate surface area is 137 Å². The van der Waals surface area contributed by atoms with Gasteiger partial charge in [-0.15, -0.1) is 0 Å². The van der Waals surface area contributed by atoms with E-state index in [0.717, 1.165) is 9.87 Å². The van der Waals surface area contributed by atoms with E-state index in [1.54, 1.807) is 61.5 Å². The Kier molecular flexibility index (Phi) is 5.39. The summed E-state index contributed by atoms with van der Waals surface area (Å²) in [5, 5.41) is 2.63. The fourth-order valence-electron chi connectivity index (χ4n) is 2.13. The van der Waals surface area contributed by atoms with Crippen molar-refractivity contribution in [3.63, 3.8) is 0 Å². The van der Waals surface area contributed by atoms with Crippen LogP contribution in [-0.4, -0.2) is 27.4 Å². The molecule has 0 aliphatic carbocycles. The molecule has 2 aromatic carbocycles. The Morgan fingerprint density at radius 3 is 2.22 bits per heavy atom. The van der Waals surface area contributed by atoms with Gasteiger partial charge in [-0.1, -0.05) is 35.9 Å². The maximum atomic E-state index is 12.9. The number of amides is 1. The average molecular weight is 332 g/mol. The molecule has 0 aromatic heterocycles. The van der Waals surface area contributed by atoms with E-state index in [-0.39, 0.29) is 17.3 Å². The zero-order valence-electron chi connectivity index (χ0n) is 13.2. The summed E-state index contributed by atoms with van der Waals surface area (Å²) in [4.78, 5) is 12.1. The van der Waals surface area contributed by atoms with Crippen LogP contribution < -0.4 is 9.62 Å². The van der Waals surface area contributed by atoms with E-state index in [1.165, 1.54) is 0 Å². The van der Waals surface area contributed by atoms with Crippen LogP contribution in [0, 0.1) is 6.92 Å². The highest BCUT2D eigenvalue weighted by Crippen LogP contribution is 2.23. The summed E-state index contributed by atoms with van der Waals surface area (Å²) in [5.74, 6) is -0.341. The van der Waals surface area contributed by atoms with Gasteiger partial charge < -0.3 is 5.32 Å². The van der Waals surface area contributed by atoms with Crippen LogP contribution >= 0.6 is 0 Å². The van der Waals surface area contributed by atoms with E-state index in [9.17, 15) is 13.2 Å². The number of aryl methyl sites for hydroxylation is 1. The van der Waals surface area contributed by atoms with Crippen molar-refractivity contribution >= 4 is 21.6 Å². The number of anilines is 1. The number of hydrogen-bond donors (Lipinski definition) is 1. The largest absolute Gasteiger partial charge is 0.355 e. The van der Waals surface area contributed by atoms with Gasteiger partial charge in [0.25, 0.3) is 10.0 Å². The molecule has 1 amide bonds. The summed E-state index contributed by atoms with van der Waals surface area (Å²) in [6, 6.07) is 15.2. The molecule has 5 nitrogen and oxygen atoms in total. The van der Waals surface area contributed by atoms with Crippen LogP contribution in [0.25, 0.3) is 0 Å². The summed E-state index contributed by atoms with van der Waals surface area (Å²) in [6.45, 7) is 3.87. The summed E-state index contributed by atoms with van der Waals surface area (Å²) >= 11 is 0. The van der Waals surface area contributed by atoms with Gasteiger partial charge in [0.2, 0.25) is 5.91 Å². The molecule has 0 unspecified atom stereocenters. The third-order valence-corrected chi connectivity index (χ3v) is 5.10. The lowest BCUT2D eigenvalue weighted by Gasteiger charge is -2.24. The maximum Gasteiger partial charge on any atom is 0.264 e. The molecule has 0 saturated carbocycles. The molecular formula is C17H20N2O3S. The lowest BCUT2D eigenvalue weighted by Crippen LogP contribution is -2.40. The first-order chi connectivity index (χ1) is 10.9. The second kappa shape index (κ2) is 7.28. The summed E-state index contributed by atoms with van der Waals surface area (Å²) in [7, 11) is -3.81. The number of nitrogens with zero attached hydrogens (tertiary/aromatic N) is 1. The minimum absolute atomic E-state index is 0.163. The van der Waals surface area contributed by atoms with Gasteiger partial charge in [0.15, 0.2) is 0 Å². The Morgan fingerprint density at radius 2 is 1.65 bits per heavy atom. The lowest BCUT2D eigenvalue weighted by atomic mass is 10.2. The molecule has 1 N–H and O–H groups in total. The van der Waals surface area contributed by atoms with Gasteiger partial charge >= 0.3 is 0 Å². The molecule has 0 heterocycles. The van der Waals surface area contributed by atoms with Crippen molar-refractivity contribution in [3.05, 3.63) is 60.2 Å². The van der Waals surface area contributed by atoms with Gasteiger partial charge in [-0.2, -0.15) is 0 Å². The molecule has 0 bridgehead atoms. The quantitative estimate of drug-likeness (QED) is 0.883. The molecule has 2 rings (SSSR count). The molecule has 2 aromatic rings. The van der Waals surface area contributed by atoms with Crippen molar-refractivity contribution in [1.29, 1.82) is 0 Å². The first-order valence-electron chi connectivity index (χ1n) is 7.36. The second-order valence-electron chi connectivity index (χ2n) is 5.11. The average Bonchev–Trinajstić information content (AvgIpc) is 2.54. The summed E-state index contributed by atoms with van der Waals surface area (Å²) < 4.78 is 27.0. The Morgan fingerprint density at radius 1 is 1.04 bits per heavy atom. The minimum Gasteiger partial charge on any atom is -0.355 e. The zero-order valence-corrected chi connectivity index (χ0v) is 14.0. The standard InChI is InChI=1S/C17H20N2O3S/c1-3-18-17(20)13-19(15-7-5-4-6-8-15)23(21,22)16-11-9-14(2)10-12-16/h4-12H,3,13H2,1-2H3,(H,18,20). The number of para-hydroxylation sites is 1. The summed E-state index contributed by atoms with van der Waals surface area (Å²) in [5.41, 5.74) is 1.43. The molecule has 0 aliphatic heterocycles. The predicted molar refractivity (Wildman–Crippen MR) is 90.8 cm³/mol. The number of nitrogens with one attached hydrogen (secondary N) is 1. The zero-order chi connectivity index (χ0) is 16.9. The second-order valence-corrected chi connectivity index (χ2v) is 6.98. The number of sulfonamides is 1. The van der Waals surface area contributed by atoms with Crippen molar-refractivity contribution in [2.75, 3.05) is 17.4 Å². The number of hydrogen-bond acceptors (Lipinski definition) is 3. The van der Waals surface area contributed by atoms with Crippen molar-refractivity contribution < 1.29 is 13.2 Å². The smallest absolute Gasteiger partial charge is 0.264 e. The van der Waals surface area contributed by atoms with Crippen LogP contribution in [0.5, 0.6) is 0 Å². The molecule has 23 heavy (non-hydrogen) atoms. The molecule has 0 aliphatic rings. The monoisotopic (exact) mass is 332 g/mol. The van der Waals surface area contributed by atoms with Gasteiger partial charge in [0.05, 0.1) is 10.6 Å². The molecule has 6 heteroatoms. The highest BCUT2D eigenvalue weighted by molar-refractivity contribution is 7.92. The Bertz CT molecular complexity index is 756. The van der Waals surface area contributed by atoms with Crippen LogP contribution in [0.3, 0.4) is 0 Å². The highest BCUT2D eigenvalue weighted by atomic mass is 32.2. The molecule has 0 atom stereocenters. The van der Waals surface area contributed by atoms with Crippen LogP contribution in [0.2, 0.25) is 0 Å². The molecule has 0 saturated heterocycles. The fourth-order valence-corrected chi connectivity index (χ4v) is 3.55. The number of likely N-dealkylation sites (N-methyl/N-ethyl adjacent to an activating group) is 1. The van der Waals surface area contributed by atoms with Gasteiger partial charge in [-0.3, -0.25) is 9.10 Å². The molecule has 0 fully saturated rings. The van der Waals surface area contributed by atoms with Crippen LogP contribution in [0.15, 0.2) is 59.5 Å². The van der Waals surface area contributed by atoms with E-state index >= 15 is 0 Å². The van der Waals surface area contributed by atoms with Crippen LogP contribution in [-0.2, 0) is 14.8 Å². The van der Waals surface area contributed by atoms with Crippen molar-refractivity contribution in [3.8, 4) is 0 Å². The van der Waals surface area contributed by atoms with Crippen molar-refractivity contribution in [1.82, 2.24) is 5.32 Å². The van der Waals surface area contributed by atoms with Gasteiger partial charge in [0, 0.05) is 6.54 Å². The third-order valence-electron chi connectivity index (χ3n) is 3.31. The number of benzene rings is 2. The van der Waals surface area contributed by atoms with E-state index in [2.05, 4.69) is 5.32 Å². The van der Waals surface area contributed by atoms with E-state index in [4.69, 9.17) is 0 Å². The fraction of sp³-hybridized carbons (Fsp3) is 0.235. The molecule has 122 valence electrons. The van der Waals surface area contributed by atoms with Crippen LogP contribution in [0.4, 0.5) is 5.69 Å². The van der Waals surface area contributed by atoms with Crippen molar-refractivity contribution in [2.45, 2.75) is 18.7 Å². The SMILES string of the molecule is CCNC(=O)CN(c1ccccc1)S(=O)(=O)c1ccc(C)cc1. The Balaban J connectivity index is 2.43. The van der Waals surface area contributed by atoms with E-state index in [0.29, 0.717) is 12.2 Å². The first-order valence-corrected chi connectivity index (χ1v) is 8.80. The van der Waals surface area contributed by atoms with Gasteiger partial charge in [0.1, 0.15) is 6.54 Å². The Hall–Kier alpha value is -2.34. The van der Waals surface area contributed by atoms with E-state index < -0.39 is 10.0 Å². The van der Waals surface area contributed by atoms with E-state index in [1.807, 2.05) is 6.92 Å². The number of carbonyl (C=O) groups excluding carboxylic acids is 1. The molecular weight excluding hydrogens is 312 g/mol. The van der Waals surface area contributed by atoms with Crippen molar-refractivity contribution in [2.24, 2.45) is 0 Å². The predicted octanol–water partition coefficient (Wildman–Crippen LogP) is 2.33. The number of carbonyl (C=O) groups is 1. The van der Waals surface area contributed by atoms with Gasteiger partial charge in [-0.25, -0.2) is 8.42 Å². The van der Waals surface area contributed by atoms with Crippen LogP contribution in [0.1, 0.15) is 12.5 Å². The van der Waals surface area contributed by atoms with Gasteiger partial charge in [-0.05, 0) is 38.1 Å². The molecule has 0 spiro atoms. The first kappa shape index (κ1) is 17.0. The summed E-state index contributed by atoms with van der Waals surface area (Å²) in [6.07, 6.45) is 0. The maximum absolute atomic E-state index is 12.9. The molecule has 0 radical (unpaired) electrons. The normalized spacial score (nSPS) is 11.0. The minimum atomic E-state index is -3.81. The topological polar surface area (TPSA) is 66.5 Å². The lowest BCUT2D eigenvalue weighted by molar-refractivity contribution is -0.119. The highest BCUT2D eigenvalue weighted by Gasteiger charge is 2.26. The number of rotatable bonds is 6.